The average Bonchev–Trinajstić information content (AvgIpc) is 3.55. The van der Waals surface area contributed by atoms with E-state index in [0.717, 1.165) is 38.6 Å². The molecule has 6 rings (SSSR count). The molecule has 0 aliphatic carbocycles. The van der Waals surface area contributed by atoms with E-state index < -0.39 is 5.60 Å². The Labute approximate surface area is 271 Å². The normalized spacial score (nSPS) is 14.8. The zero-order valence-corrected chi connectivity index (χ0v) is 27.1. The highest BCUT2D eigenvalue weighted by atomic mass is 35.5. The average molecular weight is 663 g/mol. The number of aromatic nitrogens is 5. The van der Waals surface area contributed by atoms with Gasteiger partial charge >= 0.3 is 0 Å². The van der Waals surface area contributed by atoms with Crippen LogP contribution in [0.25, 0.3) is 33.5 Å². The number of hydrogen-bond acceptors (Lipinski definition) is 8. The minimum atomic E-state index is -1.01. The smallest absolute Gasteiger partial charge is 0.281 e. The molecule has 1 saturated heterocycles. The molecule has 1 fully saturated rings. The first-order valence-electron chi connectivity index (χ1n) is 13.6. The van der Waals surface area contributed by atoms with E-state index in [4.69, 9.17) is 17.3 Å². The number of nitrogens with two attached hydrogens (primary N) is 1. The molecule has 5 aromatic rings. The largest absolute Gasteiger partial charge is 0.388 e. The highest BCUT2D eigenvalue weighted by Crippen LogP contribution is 2.30. The number of benzene rings is 2. The van der Waals surface area contributed by atoms with Crippen molar-refractivity contribution in [2.24, 2.45) is 12.8 Å². The third kappa shape index (κ3) is 6.81. The van der Waals surface area contributed by atoms with Crippen LogP contribution in [0.2, 0.25) is 5.02 Å². The van der Waals surface area contributed by atoms with Crippen LogP contribution in [0.5, 0.6) is 0 Å². The van der Waals surface area contributed by atoms with Gasteiger partial charge in [-0.3, -0.25) is 18.9 Å². The predicted molar refractivity (Wildman–Crippen MR) is 177 cm³/mol. The second-order valence-electron chi connectivity index (χ2n) is 10.8. The molecular weight excluding hydrogens is 629 g/mol. The third-order valence-electron chi connectivity index (χ3n) is 7.89. The van der Waals surface area contributed by atoms with E-state index in [-0.39, 0.29) is 36.9 Å². The van der Waals surface area contributed by atoms with Crippen molar-refractivity contribution in [3.8, 4) is 22.5 Å². The fourth-order valence-corrected chi connectivity index (χ4v) is 6.37. The molecule has 0 spiro atoms. The first-order valence-corrected chi connectivity index (χ1v) is 14.9. The molecule has 2 aromatic carbocycles. The molecule has 4 heterocycles. The predicted octanol–water partition coefficient (Wildman–Crippen LogP) is 5.21. The van der Waals surface area contributed by atoms with Gasteiger partial charge in [-0.05, 0) is 37.0 Å². The molecule has 1 aliphatic rings. The molecule has 228 valence electrons. The number of aryl methyl sites for hydroxylation is 2. The lowest BCUT2D eigenvalue weighted by Gasteiger charge is -2.38. The number of fused-ring (bicyclic) bond motifs is 1. The fraction of sp³-hybridized carbons (Fsp3) is 0.333. The van der Waals surface area contributed by atoms with Crippen LogP contribution >= 0.6 is 47.8 Å². The van der Waals surface area contributed by atoms with Crippen LogP contribution in [0.4, 0.5) is 0 Å². The zero-order chi connectivity index (χ0) is 28.7. The highest BCUT2D eigenvalue weighted by molar-refractivity contribution is 7.09. The van der Waals surface area contributed by atoms with Crippen molar-refractivity contribution in [2.45, 2.75) is 45.0 Å². The number of aliphatic hydroxyl groups is 1. The quantitative estimate of drug-likeness (QED) is 0.246. The van der Waals surface area contributed by atoms with Gasteiger partial charge in [-0.15, -0.1) is 36.2 Å². The third-order valence-corrected chi connectivity index (χ3v) is 9.01. The van der Waals surface area contributed by atoms with Gasteiger partial charge in [-0.25, -0.2) is 9.97 Å². The van der Waals surface area contributed by atoms with Crippen molar-refractivity contribution in [3.63, 3.8) is 0 Å². The number of piperidine rings is 1. The molecule has 0 amide bonds. The van der Waals surface area contributed by atoms with Gasteiger partial charge in [0.05, 0.1) is 34.9 Å². The highest BCUT2D eigenvalue weighted by Gasteiger charge is 2.33. The molecule has 9 nitrogen and oxygen atoms in total. The van der Waals surface area contributed by atoms with E-state index in [1.165, 1.54) is 10.9 Å². The Morgan fingerprint density at radius 1 is 1.07 bits per heavy atom. The van der Waals surface area contributed by atoms with Crippen molar-refractivity contribution < 1.29 is 5.11 Å². The molecular formula is C30H34Cl3N7O2S. The summed E-state index contributed by atoms with van der Waals surface area (Å²) in [5.74, 6) is 0. The Kier molecular flexibility index (Phi) is 10.3. The van der Waals surface area contributed by atoms with E-state index in [0.29, 0.717) is 55.1 Å². The Morgan fingerprint density at radius 3 is 2.40 bits per heavy atom. The van der Waals surface area contributed by atoms with Gasteiger partial charge in [0.1, 0.15) is 5.52 Å². The minimum absolute atomic E-state index is 0. The molecule has 3 N–H and O–H groups in total. The van der Waals surface area contributed by atoms with Crippen LogP contribution < -0.4 is 11.3 Å². The lowest BCUT2D eigenvalue weighted by Crippen LogP contribution is -2.47. The second kappa shape index (κ2) is 13.4. The monoisotopic (exact) mass is 661 g/mol. The first kappa shape index (κ1) is 33.1. The summed E-state index contributed by atoms with van der Waals surface area (Å²) in [6.45, 7) is 4.70. The van der Waals surface area contributed by atoms with Gasteiger partial charge in [0.25, 0.3) is 5.56 Å². The van der Waals surface area contributed by atoms with Crippen LogP contribution in [0.15, 0.2) is 59.0 Å². The summed E-state index contributed by atoms with van der Waals surface area (Å²) in [5.41, 5.74) is 11.0. The van der Waals surface area contributed by atoms with Crippen LogP contribution in [0.1, 0.15) is 29.0 Å². The van der Waals surface area contributed by atoms with Gasteiger partial charge in [-0.1, -0.05) is 48.0 Å². The Hall–Kier alpha value is -2.83. The summed E-state index contributed by atoms with van der Waals surface area (Å²) in [7, 11) is 1.81. The first-order chi connectivity index (χ1) is 19.7. The Balaban J connectivity index is 0.00000212. The van der Waals surface area contributed by atoms with Gasteiger partial charge in [0.15, 0.2) is 5.52 Å². The number of likely N-dealkylation sites (tertiary alicyclic amines) is 1. The molecule has 0 atom stereocenters. The second-order valence-corrected chi connectivity index (χ2v) is 12.3. The number of rotatable bonds is 7. The summed E-state index contributed by atoms with van der Waals surface area (Å²) in [6.07, 6.45) is 2.60. The fourth-order valence-electron chi connectivity index (χ4n) is 5.50. The molecule has 43 heavy (non-hydrogen) atoms. The molecule has 13 heteroatoms. The van der Waals surface area contributed by atoms with Gasteiger partial charge in [0.2, 0.25) is 0 Å². The number of halogens is 3. The summed E-state index contributed by atoms with van der Waals surface area (Å²) < 4.78 is 3.17. The van der Waals surface area contributed by atoms with Crippen LogP contribution in [-0.2, 0) is 26.7 Å². The van der Waals surface area contributed by atoms with E-state index in [1.54, 1.807) is 23.1 Å². The Morgan fingerprint density at radius 2 is 1.77 bits per heavy atom. The number of thiazole rings is 1. The van der Waals surface area contributed by atoms with Gasteiger partial charge in [0, 0.05) is 54.8 Å². The standard InChI is InChI=1S/C30H32ClN7O2S.2ClH/c1-19-34-25(16-41-19)22-7-8-23(24(31)13-22)15-37-11-9-30(40,10-12-37)17-38-18-33-26-27(29(38)39)35-36(2)28(26)21-5-3-20(14-32)4-6-21;;/h3-8,13,16,18,40H,9-12,14-15,17,32H2,1-2H3;2*1H. The lowest BCUT2D eigenvalue weighted by molar-refractivity contribution is -0.0364. The number of hydrogen-bond donors (Lipinski definition) is 2. The van der Waals surface area contributed by atoms with Crippen LogP contribution in [0.3, 0.4) is 0 Å². The van der Waals surface area contributed by atoms with E-state index in [9.17, 15) is 9.90 Å². The van der Waals surface area contributed by atoms with E-state index in [2.05, 4.69) is 32.1 Å². The summed E-state index contributed by atoms with van der Waals surface area (Å²) in [6, 6.07) is 13.9. The van der Waals surface area contributed by atoms with E-state index in [1.807, 2.05) is 42.6 Å². The zero-order valence-electron chi connectivity index (χ0n) is 23.9. The summed E-state index contributed by atoms with van der Waals surface area (Å²) in [5, 5.41) is 19.7. The molecule has 0 radical (unpaired) electrons. The molecule has 1 aliphatic heterocycles. The van der Waals surface area contributed by atoms with Crippen molar-refractivity contribution in [1.82, 2.24) is 29.2 Å². The molecule has 0 unspecified atom stereocenters. The van der Waals surface area contributed by atoms with Crippen LogP contribution in [0, 0.1) is 6.92 Å². The number of nitrogens with zero attached hydrogens (tertiary/aromatic N) is 6. The van der Waals surface area contributed by atoms with Crippen LogP contribution in [-0.4, -0.2) is 53.0 Å². The molecule has 0 saturated carbocycles. The summed E-state index contributed by atoms with van der Waals surface area (Å²) in [4.78, 5) is 24.8. The summed E-state index contributed by atoms with van der Waals surface area (Å²) >= 11 is 8.26. The maximum atomic E-state index is 13.4. The van der Waals surface area contributed by atoms with Crippen molar-refractivity contribution in [1.29, 1.82) is 0 Å². The minimum Gasteiger partial charge on any atom is -0.388 e. The van der Waals surface area contributed by atoms with Crippen molar-refractivity contribution >= 4 is 58.8 Å². The maximum Gasteiger partial charge on any atom is 0.281 e. The lowest BCUT2D eigenvalue weighted by atomic mass is 9.91. The van der Waals surface area contributed by atoms with Crippen molar-refractivity contribution in [2.75, 3.05) is 13.1 Å². The van der Waals surface area contributed by atoms with Gasteiger partial charge < -0.3 is 10.8 Å². The Bertz CT molecular complexity index is 1780. The van der Waals surface area contributed by atoms with Crippen molar-refractivity contribution in [3.05, 3.63) is 85.7 Å². The SMILES string of the molecule is Cc1nc(-c2ccc(CN3CCC(O)(Cn4cnc5c(-c6ccc(CN)cc6)n(C)nc5c4=O)CC3)c(Cl)c2)cs1.Cl.Cl. The van der Waals surface area contributed by atoms with Gasteiger partial charge in [-0.2, -0.15) is 5.10 Å². The molecule has 0 bridgehead atoms. The molecule has 3 aromatic heterocycles. The van der Waals surface area contributed by atoms with E-state index >= 15 is 0 Å². The maximum absolute atomic E-state index is 13.4. The topological polar surface area (TPSA) is 115 Å².